The van der Waals surface area contributed by atoms with E-state index >= 15 is 0 Å². The predicted molar refractivity (Wildman–Crippen MR) is 78.3 cm³/mol. The highest BCUT2D eigenvalue weighted by Crippen LogP contribution is 2.19. The summed E-state index contributed by atoms with van der Waals surface area (Å²) in [6.07, 6.45) is 0. The molecule has 0 saturated heterocycles. The van der Waals surface area contributed by atoms with E-state index in [1.165, 1.54) is 0 Å². The summed E-state index contributed by atoms with van der Waals surface area (Å²) in [5.74, 6) is -3.15. The summed E-state index contributed by atoms with van der Waals surface area (Å²) < 4.78 is 22.6. The molecule has 1 aromatic carbocycles. The molecule has 0 aliphatic carbocycles. The molecule has 0 atom stereocenters. The molecular weight excluding hydrogens is 350 g/mol. The van der Waals surface area contributed by atoms with Gasteiger partial charge in [0.25, 0.3) is 0 Å². The molecule has 110 valence electrons. The highest BCUT2D eigenvalue weighted by atomic mass is 79.9. The zero-order valence-corrected chi connectivity index (χ0v) is 13.3. The summed E-state index contributed by atoms with van der Waals surface area (Å²) in [5.41, 5.74) is 0.432. The van der Waals surface area contributed by atoms with Crippen LogP contribution in [0.3, 0.4) is 0 Å². The number of rotatable bonds is 5. The monoisotopic (exact) mass is 363 g/mol. The van der Waals surface area contributed by atoms with Crippen molar-refractivity contribution in [1.82, 2.24) is 0 Å². The number of carboxylic acid groups (broad SMARTS) is 1. The van der Waals surface area contributed by atoms with Gasteiger partial charge in [0, 0.05) is 10.2 Å². The van der Waals surface area contributed by atoms with Crippen LogP contribution in [0.25, 0.3) is 0 Å². The SMILES string of the molecule is CC(C)(C(=O)O)S(=O)(=O)CC(=O)Nc1ccc(Br)cc1. The smallest absolute Gasteiger partial charge is 0.324 e. The van der Waals surface area contributed by atoms with Crippen molar-refractivity contribution in [1.29, 1.82) is 0 Å². The van der Waals surface area contributed by atoms with Gasteiger partial charge in [-0.15, -0.1) is 0 Å². The highest BCUT2D eigenvalue weighted by molar-refractivity contribution is 9.10. The number of anilines is 1. The van der Waals surface area contributed by atoms with Gasteiger partial charge in [-0.1, -0.05) is 15.9 Å². The molecule has 0 saturated carbocycles. The third-order valence-corrected chi connectivity index (χ3v) is 5.64. The summed E-state index contributed by atoms with van der Waals surface area (Å²) in [4.78, 5) is 22.6. The maximum atomic E-state index is 11.9. The third kappa shape index (κ3) is 3.80. The first-order valence-corrected chi connectivity index (χ1v) is 8.02. The van der Waals surface area contributed by atoms with Gasteiger partial charge in [0.2, 0.25) is 5.91 Å². The van der Waals surface area contributed by atoms with Crippen molar-refractivity contribution in [2.24, 2.45) is 0 Å². The van der Waals surface area contributed by atoms with Gasteiger partial charge in [0.15, 0.2) is 14.6 Å². The van der Waals surface area contributed by atoms with Crippen LogP contribution in [0.5, 0.6) is 0 Å². The number of aliphatic carboxylic acids is 1. The molecule has 0 bridgehead atoms. The van der Waals surface area contributed by atoms with E-state index < -0.39 is 32.2 Å². The Hall–Kier alpha value is -1.41. The standard InChI is InChI=1S/C12H14BrNO5S/c1-12(2,11(16)17)20(18,19)7-10(15)14-9-5-3-8(13)4-6-9/h3-6H,7H2,1-2H3,(H,14,15)(H,16,17). The first kappa shape index (κ1) is 16.6. The molecule has 0 aromatic heterocycles. The molecule has 0 spiro atoms. The van der Waals surface area contributed by atoms with Crippen molar-refractivity contribution in [2.75, 3.05) is 11.1 Å². The summed E-state index contributed by atoms with van der Waals surface area (Å²) in [5, 5.41) is 11.3. The fourth-order valence-corrected chi connectivity index (χ4v) is 2.52. The zero-order chi connectivity index (χ0) is 15.6. The number of hydrogen-bond acceptors (Lipinski definition) is 4. The van der Waals surface area contributed by atoms with Crippen molar-refractivity contribution < 1.29 is 23.1 Å². The van der Waals surface area contributed by atoms with Gasteiger partial charge in [-0.05, 0) is 38.1 Å². The molecule has 20 heavy (non-hydrogen) atoms. The van der Waals surface area contributed by atoms with E-state index in [1.807, 2.05) is 0 Å². The van der Waals surface area contributed by atoms with Gasteiger partial charge in [-0.3, -0.25) is 9.59 Å². The van der Waals surface area contributed by atoms with E-state index in [0.29, 0.717) is 5.69 Å². The number of nitrogens with one attached hydrogen (secondary N) is 1. The Morgan fingerprint density at radius 2 is 1.75 bits per heavy atom. The molecule has 2 N–H and O–H groups in total. The molecule has 8 heteroatoms. The van der Waals surface area contributed by atoms with Crippen LogP contribution in [0, 0.1) is 0 Å². The Kier molecular flexibility index (Phi) is 4.93. The summed E-state index contributed by atoms with van der Waals surface area (Å²) in [7, 11) is -4.11. The Labute approximate surface area is 125 Å². The molecule has 0 heterocycles. The van der Waals surface area contributed by atoms with E-state index in [0.717, 1.165) is 18.3 Å². The van der Waals surface area contributed by atoms with Gasteiger partial charge in [0.1, 0.15) is 5.75 Å². The van der Waals surface area contributed by atoms with E-state index in [9.17, 15) is 18.0 Å². The fraction of sp³-hybridized carbons (Fsp3) is 0.333. The van der Waals surface area contributed by atoms with Gasteiger partial charge in [-0.2, -0.15) is 0 Å². The van der Waals surface area contributed by atoms with E-state index in [-0.39, 0.29) is 0 Å². The van der Waals surface area contributed by atoms with Crippen molar-refractivity contribution in [3.63, 3.8) is 0 Å². The van der Waals surface area contributed by atoms with Crippen molar-refractivity contribution in [3.05, 3.63) is 28.7 Å². The van der Waals surface area contributed by atoms with Gasteiger partial charge in [0.05, 0.1) is 0 Å². The molecule has 1 aromatic rings. The molecule has 0 unspecified atom stereocenters. The molecule has 1 amide bonds. The summed E-state index contributed by atoms with van der Waals surface area (Å²) >= 11 is 3.23. The van der Waals surface area contributed by atoms with Crippen LogP contribution >= 0.6 is 15.9 Å². The van der Waals surface area contributed by atoms with Crippen LogP contribution in [0.2, 0.25) is 0 Å². The molecule has 0 radical (unpaired) electrons. The maximum absolute atomic E-state index is 11.9. The van der Waals surface area contributed by atoms with E-state index in [1.54, 1.807) is 24.3 Å². The van der Waals surface area contributed by atoms with Crippen LogP contribution in [0.1, 0.15) is 13.8 Å². The molecule has 1 rings (SSSR count). The Bertz CT molecular complexity index is 622. The first-order chi connectivity index (χ1) is 9.06. The molecule has 0 aliphatic heterocycles. The topological polar surface area (TPSA) is 101 Å². The first-order valence-electron chi connectivity index (χ1n) is 5.57. The lowest BCUT2D eigenvalue weighted by molar-refractivity contribution is -0.139. The van der Waals surface area contributed by atoms with Crippen molar-refractivity contribution in [3.8, 4) is 0 Å². The van der Waals surface area contributed by atoms with Crippen LogP contribution in [-0.4, -0.2) is 35.9 Å². The van der Waals surface area contributed by atoms with Crippen molar-refractivity contribution in [2.45, 2.75) is 18.6 Å². The number of carbonyl (C=O) groups excluding carboxylic acids is 1. The minimum Gasteiger partial charge on any atom is -0.480 e. The number of halogens is 1. The fourth-order valence-electron chi connectivity index (χ4n) is 1.22. The van der Waals surface area contributed by atoms with Crippen LogP contribution < -0.4 is 5.32 Å². The van der Waals surface area contributed by atoms with E-state index in [4.69, 9.17) is 5.11 Å². The second kappa shape index (κ2) is 5.92. The number of sulfone groups is 1. The van der Waals surface area contributed by atoms with E-state index in [2.05, 4.69) is 21.2 Å². The van der Waals surface area contributed by atoms with Crippen molar-refractivity contribution >= 4 is 43.3 Å². The predicted octanol–water partition coefficient (Wildman–Crippen LogP) is 1.67. The number of hydrogen-bond donors (Lipinski definition) is 2. The number of benzene rings is 1. The van der Waals surface area contributed by atoms with Crippen LogP contribution in [0.15, 0.2) is 28.7 Å². The lowest BCUT2D eigenvalue weighted by Gasteiger charge is -2.19. The largest absolute Gasteiger partial charge is 0.480 e. The Morgan fingerprint density at radius 1 is 1.25 bits per heavy atom. The second-order valence-corrected chi connectivity index (χ2v) is 8.08. The summed E-state index contributed by atoms with van der Waals surface area (Å²) in [6.45, 7) is 2.11. The highest BCUT2D eigenvalue weighted by Gasteiger charge is 2.42. The van der Waals surface area contributed by atoms with Crippen LogP contribution in [-0.2, 0) is 19.4 Å². The third-order valence-electron chi connectivity index (χ3n) is 2.74. The summed E-state index contributed by atoms with van der Waals surface area (Å²) in [6, 6.07) is 6.56. The normalized spacial score (nSPS) is 11.9. The number of amides is 1. The second-order valence-electron chi connectivity index (χ2n) is 4.63. The van der Waals surface area contributed by atoms with Gasteiger partial charge in [-0.25, -0.2) is 8.42 Å². The Balaban J connectivity index is 2.81. The minimum atomic E-state index is -4.11. The lowest BCUT2D eigenvalue weighted by atomic mass is 10.2. The average Bonchev–Trinajstić information content (AvgIpc) is 2.31. The Morgan fingerprint density at radius 3 is 2.20 bits per heavy atom. The molecule has 0 fully saturated rings. The van der Waals surface area contributed by atoms with Gasteiger partial charge >= 0.3 is 5.97 Å². The number of carboxylic acids is 1. The molecular formula is C12H14BrNO5S. The van der Waals surface area contributed by atoms with Crippen LogP contribution in [0.4, 0.5) is 5.69 Å². The quantitative estimate of drug-likeness (QED) is 0.828. The lowest BCUT2D eigenvalue weighted by Crippen LogP contribution is -2.44. The number of carbonyl (C=O) groups is 2. The zero-order valence-electron chi connectivity index (χ0n) is 10.9. The molecule has 0 aliphatic rings. The molecule has 6 nitrogen and oxygen atoms in total. The maximum Gasteiger partial charge on any atom is 0.324 e. The average molecular weight is 364 g/mol. The van der Waals surface area contributed by atoms with Gasteiger partial charge < -0.3 is 10.4 Å². The minimum absolute atomic E-state index is 0.432.